The highest BCUT2D eigenvalue weighted by molar-refractivity contribution is 9.11. The van der Waals surface area contributed by atoms with Crippen LogP contribution in [0.4, 0.5) is 10.8 Å². The number of rotatable bonds is 3. The number of nitrogens with one attached hydrogen (secondary N) is 1. The van der Waals surface area contributed by atoms with E-state index in [4.69, 9.17) is 0 Å². The fourth-order valence-electron chi connectivity index (χ4n) is 1.32. The predicted octanol–water partition coefficient (Wildman–Crippen LogP) is 3.61. The Morgan fingerprint density at radius 3 is 2.80 bits per heavy atom. The van der Waals surface area contributed by atoms with Crippen LogP contribution in [0.15, 0.2) is 28.2 Å². The average molecular weight is 284 g/mol. The van der Waals surface area contributed by atoms with Crippen LogP contribution in [-0.4, -0.2) is 10.2 Å². The van der Waals surface area contributed by atoms with Crippen LogP contribution >= 0.6 is 27.3 Å². The largest absolute Gasteiger partial charge is 0.330 e. The number of hydrogen-bond donors (Lipinski definition) is 1. The van der Waals surface area contributed by atoms with Crippen molar-refractivity contribution in [2.75, 3.05) is 5.32 Å². The summed E-state index contributed by atoms with van der Waals surface area (Å²) < 4.78 is 0.791. The molecule has 0 radical (unpaired) electrons. The maximum Gasteiger partial charge on any atom is 0.210 e. The third-order valence-electron chi connectivity index (χ3n) is 2.04. The molecule has 2 rings (SSSR count). The number of hydrogen-bond acceptors (Lipinski definition) is 4. The highest BCUT2D eigenvalue weighted by Crippen LogP contribution is 2.25. The number of aromatic nitrogens is 2. The number of benzene rings is 1. The van der Waals surface area contributed by atoms with Gasteiger partial charge in [0.05, 0.1) is 0 Å². The average Bonchev–Trinajstić information content (AvgIpc) is 2.65. The molecule has 1 heterocycles. The van der Waals surface area contributed by atoms with Crippen molar-refractivity contribution in [2.45, 2.75) is 13.3 Å². The number of anilines is 2. The van der Waals surface area contributed by atoms with E-state index in [0.717, 1.165) is 21.2 Å². The summed E-state index contributed by atoms with van der Waals surface area (Å²) in [6.07, 6.45) is 1.00. The second-order valence-corrected chi connectivity index (χ2v) is 5.25. The van der Waals surface area contributed by atoms with Crippen LogP contribution in [0.3, 0.4) is 0 Å². The molecule has 0 aliphatic rings. The lowest BCUT2D eigenvalue weighted by Crippen LogP contribution is -1.94. The number of para-hydroxylation sites is 1. The van der Waals surface area contributed by atoms with Gasteiger partial charge in [-0.3, -0.25) is 0 Å². The molecule has 0 unspecified atom stereocenters. The van der Waals surface area contributed by atoms with Crippen molar-refractivity contribution in [1.82, 2.24) is 10.2 Å². The van der Waals surface area contributed by atoms with Gasteiger partial charge in [0.25, 0.3) is 0 Å². The predicted molar refractivity (Wildman–Crippen MR) is 66.7 cm³/mol. The van der Waals surface area contributed by atoms with Crippen molar-refractivity contribution in [3.63, 3.8) is 0 Å². The topological polar surface area (TPSA) is 37.8 Å². The van der Waals surface area contributed by atoms with Crippen molar-refractivity contribution in [2.24, 2.45) is 0 Å². The molecule has 1 aromatic carbocycles. The molecule has 0 aliphatic carbocycles. The Morgan fingerprint density at radius 2 is 2.13 bits per heavy atom. The van der Waals surface area contributed by atoms with Gasteiger partial charge in [0.2, 0.25) is 5.13 Å². The Kier molecular flexibility index (Phi) is 3.33. The Hall–Kier alpha value is -0.940. The van der Waals surface area contributed by atoms with Gasteiger partial charge in [-0.25, -0.2) is 0 Å². The first-order valence-corrected chi connectivity index (χ1v) is 6.24. The van der Waals surface area contributed by atoms with Crippen LogP contribution in [0.2, 0.25) is 0 Å². The van der Waals surface area contributed by atoms with E-state index in [1.165, 1.54) is 16.9 Å². The summed E-state index contributed by atoms with van der Waals surface area (Å²) in [5.41, 5.74) is 2.38. The maximum absolute atomic E-state index is 4.00. The van der Waals surface area contributed by atoms with Crippen molar-refractivity contribution >= 4 is 38.1 Å². The molecule has 0 saturated carbocycles. The fourth-order valence-corrected chi connectivity index (χ4v) is 2.34. The van der Waals surface area contributed by atoms with E-state index in [1.807, 2.05) is 18.2 Å². The molecule has 1 aromatic heterocycles. The van der Waals surface area contributed by atoms with Crippen molar-refractivity contribution in [3.05, 3.63) is 33.7 Å². The highest BCUT2D eigenvalue weighted by atomic mass is 79.9. The molecule has 0 fully saturated rings. The summed E-state index contributed by atoms with van der Waals surface area (Å²) in [5.74, 6) is 0. The molecule has 5 heteroatoms. The third-order valence-corrected chi connectivity index (χ3v) is 3.31. The molecule has 0 bridgehead atoms. The monoisotopic (exact) mass is 283 g/mol. The summed E-state index contributed by atoms with van der Waals surface area (Å²) >= 11 is 4.77. The summed E-state index contributed by atoms with van der Waals surface area (Å²) in [6.45, 7) is 2.14. The van der Waals surface area contributed by atoms with E-state index in [0.29, 0.717) is 0 Å². The zero-order valence-corrected chi connectivity index (χ0v) is 10.6. The van der Waals surface area contributed by atoms with E-state index in [1.54, 1.807) is 0 Å². The first-order valence-electron chi connectivity index (χ1n) is 4.63. The van der Waals surface area contributed by atoms with Crippen LogP contribution in [0.25, 0.3) is 0 Å². The highest BCUT2D eigenvalue weighted by Gasteiger charge is 2.04. The summed E-state index contributed by atoms with van der Waals surface area (Å²) in [5, 5.41) is 12.0. The number of nitrogens with zero attached hydrogens (tertiary/aromatic N) is 2. The lowest BCUT2D eigenvalue weighted by Gasteiger charge is -2.06. The van der Waals surface area contributed by atoms with Crippen molar-refractivity contribution in [1.29, 1.82) is 0 Å². The normalized spacial score (nSPS) is 10.3. The van der Waals surface area contributed by atoms with Gasteiger partial charge in [0.1, 0.15) is 0 Å². The molecule has 78 valence electrons. The van der Waals surface area contributed by atoms with Crippen LogP contribution in [0.5, 0.6) is 0 Å². The summed E-state index contributed by atoms with van der Waals surface area (Å²) in [7, 11) is 0. The minimum absolute atomic E-state index is 0.791. The molecule has 0 atom stereocenters. The Balaban J connectivity index is 2.23. The van der Waals surface area contributed by atoms with Crippen molar-refractivity contribution < 1.29 is 0 Å². The minimum atomic E-state index is 0.791. The standard InChI is InChI=1S/C10H10BrN3S/c1-2-7-5-3-4-6-8(7)12-10-14-13-9(11)15-10/h3-6H,2H2,1H3,(H,12,14). The van der Waals surface area contributed by atoms with E-state index < -0.39 is 0 Å². The van der Waals surface area contributed by atoms with E-state index in [9.17, 15) is 0 Å². The zero-order valence-electron chi connectivity index (χ0n) is 8.20. The summed E-state index contributed by atoms with van der Waals surface area (Å²) in [6, 6.07) is 8.21. The van der Waals surface area contributed by atoms with E-state index >= 15 is 0 Å². The van der Waals surface area contributed by atoms with E-state index in [2.05, 4.69) is 44.4 Å². The van der Waals surface area contributed by atoms with Crippen molar-refractivity contribution in [3.8, 4) is 0 Å². The molecule has 1 N–H and O–H groups in total. The Labute approximate surface area is 101 Å². The summed E-state index contributed by atoms with van der Waals surface area (Å²) in [4.78, 5) is 0. The molecule has 3 nitrogen and oxygen atoms in total. The second kappa shape index (κ2) is 4.72. The third kappa shape index (κ3) is 2.54. The molecule has 0 aliphatic heterocycles. The smallest absolute Gasteiger partial charge is 0.210 e. The fraction of sp³-hybridized carbons (Fsp3) is 0.200. The SMILES string of the molecule is CCc1ccccc1Nc1nnc(Br)s1. The lowest BCUT2D eigenvalue weighted by molar-refractivity contribution is 1.07. The van der Waals surface area contributed by atoms with E-state index in [-0.39, 0.29) is 0 Å². The van der Waals surface area contributed by atoms with Gasteiger partial charge in [-0.1, -0.05) is 36.5 Å². The molecular weight excluding hydrogens is 274 g/mol. The van der Waals surface area contributed by atoms with Crippen LogP contribution < -0.4 is 5.32 Å². The van der Waals surface area contributed by atoms with Crippen LogP contribution in [0, 0.1) is 0 Å². The lowest BCUT2D eigenvalue weighted by atomic mass is 10.1. The van der Waals surface area contributed by atoms with Gasteiger partial charge in [0.15, 0.2) is 3.92 Å². The Bertz CT molecular complexity index is 455. The van der Waals surface area contributed by atoms with Gasteiger partial charge in [0, 0.05) is 5.69 Å². The molecular formula is C10H10BrN3S. The number of halogens is 1. The molecule has 0 spiro atoms. The molecule has 15 heavy (non-hydrogen) atoms. The molecule has 0 saturated heterocycles. The maximum atomic E-state index is 4.00. The Morgan fingerprint density at radius 1 is 1.33 bits per heavy atom. The van der Waals surface area contributed by atoms with Gasteiger partial charge in [-0.05, 0) is 34.0 Å². The van der Waals surface area contributed by atoms with Gasteiger partial charge in [-0.15, -0.1) is 10.2 Å². The van der Waals surface area contributed by atoms with Gasteiger partial charge < -0.3 is 5.32 Å². The first-order chi connectivity index (χ1) is 7.29. The first kappa shape index (κ1) is 10.6. The van der Waals surface area contributed by atoms with Gasteiger partial charge >= 0.3 is 0 Å². The minimum Gasteiger partial charge on any atom is -0.330 e. The zero-order chi connectivity index (χ0) is 10.7. The quantitative estimate of drug-likeness (QED) is 0.935. The molecule has 0 amide bonds. The van der Waals surface area contributed by atoms with Crippen LogP contribution in [0.1, 0.15) is 12.5 Å². The second-order valence-electron chi connectivity index (χ2n) is 3.00. The van der Waals surface area contributed by atoms with Gasteiger partial charge in [-0.2, -0.15) is 0 Å². The van der Waals surface area contributed by atoms with Crippen LogP contribution in [-0.2, 0) is 6.42 Å². The number of aryl methyl sites for hydroxylation is 1. The molecule has 2 aromatic rings.